The predicted octanol–water partition coefficient (Wildman–Crippen LogP) is 0.533. The largest absolute Gasteiger partial charge is 0.348 e. The van der Waals surface area contributed by atoms with Crippen molar-refractivity contribution in [2.24, 2.45) is 11.8 Å². The second-order valence-corrected chi connectivity index (χ2v) is 6.52. The maximum atomic E-state index is 11.8. The van der Waals surface area contributed by atoms with Crippen LogP contribution in [-0.4, -0.2) is 72.4 Å². The van der Waals surface area contributed by atoms with Crippen LogP contribution in [0.5, 0.6) is 0 Å². The third-order valence-corrected chi connectivity index (χ3v) is 4.61. The molecule has 2 aliphatic rings. The molecule has 5 heteroatoms. The topological polar surface area (TPSA) is 39.7 Å². The van der Waals surface area contributed by atoms with Crippen LogP contribution in [-0.2, 0) is 11.3 Å². The van der Waals surface area contributed by atoms with Crippen molar-refractivity contribution >= 4 is 5.91 Å². The van der Waals surface area contributed by atoms with Crippen LogP contribution in [0.15, 0.2) is 24.4 Å². The van der Waals surface area contributed by atoms with E-state index < -0.39 is 0 Å². The number of pyridine rings is 1. The number of amides is 1. The van der Waals surface area contributed by atoms with Gasteiger partial charge in [0, 0.05) is 53.0 Å². The first kappa shape index (κ1) is 14.5. The highest BCUT2D eigenvalue weighted by Gasteiger charge is 2.40. The van der Waals surface area contributed by atoms with Crippen LogP contribution >= 0.6 is 0 Å². The summed E-state index contributed by atoms with van der Waals surface area (Å²) in [4.78, 5) is 22.7. The monoisotopic (exact) mass is 288 g/mol. The lowest BCUT2D eigenvalue weighted by molar-refractivity contribution is -0.129. The molecular formula is C16H24N4O. The molecule has 0 aromatic carbocycles. The highest BCUT2D eigenvalue weighted by molar-refractivity contribution is 5.77. The Kier molecular flexibility index (Phi) is 4.22. The fraction of sp³-hybridized carbons (Fsp3) is 0.625. The number of aromatic nitrogens is 1. The van der Waals surface area contributed by atoms with Crippen molar-refractivity contribution in [3.63, 3.8) is 0 Å². The number of hydrogen-bond acceptors (Lipinski definition) is 4. The van der Waals surface area contributed by atoms with Gasteiger partial charge in [0.2, 0.25) is 5.91 Å². The summed E-state index contributed by atoms with van der Waals surface area (Å²) in [7, 11) is 3.65. The van der Waals surface area contributed by atoms with Crippen molar-refractivity contribution < 1.29 is 4.79 Å². The number of carbonyl (C=O) groups excluding carboxylic acids is 1. The standard InChI is InChI=1S/C16H24N4O/c1-18(2)16(21)12-20-9-13-7-19(8-14(13)10-20)11-15-5-3-4-6-17-15/h3-6,13-14H,7-12H2,1-2H3/t13-,14+. The Labute approximate surface area is 126 Å². The van der Waals surface area contributed by atoms with Crippen LogP contribution in [0.25, 0.3) is 0 Å². The summed E-state index contributed by atoms with van der Waals surface area (Å²) in [6.07, 6.45) is 1.86. The van der Waals surface area contributed by atoms with Crippen LogP contribution in [0, 0.1) is 11.8 Å². The molecule has 0 N–H and O–H groups in total. The first-order valence-electron chi connectivity index (χ1n) is 7.66. The summed E-state index contributed by atoms with van der Waals surface area (Å²) in [5.74, 6) is 1.63. The summed E-state index contributed by atoms with van der Waals surface area (Å²) in [6.45, 7) is 5.90. The molecule has 0 aliphatic carbocycles. The second-order valence-electron chi connectivity index (χ2n) is 6.52. The van der Waals surface area contributed by atoms with Crippen LogP contribution < -0.4 is 0 Å². The molecule has 1 amide bonds. The lowest BCUT2D eigenvalue weighted by Crippen LogP contribution is -2.37. The lowest BCUT2D eigenvalue weighted by atomic mass is 10.0. The second kappa shape index (κ2) is 6.12. The predicted molar refractivity (Wildman–Crippen MR) is 81.6 cm³/mol. The molecule has 0 saturated carbocycles. The number of likely N-dealkylation sites (N-methyl/N-ethyl adjacent to an activating group) is 1. The minimum atomic E-state index is 0.209. The van der Waals surface area contributed by atoms with Gasteiger partial charge in [-0.05, 0) is 24.0 Å². The molecular weight excluding hydrogens is 264 g/mol. The number of rotatable bonds is 4. The number of hydrogen-bond donors (Lipinski definition) is 0. The van der Waals surface area contributed by atoms with Gasteiger partial charge in [-0.25, -0.2) is 0 Å². The highest BCUT2D eigenvalue weighted by atomic mass is 16.2. The van der Waals surface area contributed by atoms with E-state index in [9.17, 15) is 4.79 Å². The molecule has 114 valence electrons. The van der Waals surface area contributed by atoms with Gasteiger partial charge in [-0.2, -0.15) is 0 Å². The number of nitrogens with zero attached hydrogens (tertiary/aromatic N) is 4. The Morgan fingerprint density at radius 1 is 1.19 bits per heavy atom. The van der Waals surface area contributed by atoms with E-state index in [-0.39, 0.29) is 5.91 Å². The highest BCUT2D eigenvalue weighted by Crippen LogP contribution is 2.31. The zero-order valence-corrected chi connectivity index (χ0v) is 12.9. The molecule has 0 radical (unpaired) electrons. The van der Waals surface area contributed by atoms with Crippen molar-refractivity contribution in [3.05, 3.63) is 30.1 Å². The van der Waals surface area contributed by atoms with E-state index in [1.165, 1.54) is 0 Å². The normalized spacial score (nSPS) is 26.0. The van der Waals surface area contributed by atoms with Gasteiger partial charge in [0.05, 0.1) is 12.2 Å². The van der Waals surface area contributed by atoms with E-state index in [0.717, 1.165) is 38.4 Å². The maximum absolute atomic E-state index is 11.8. The summed E-state index contributed by atoms with van der Waals surface area (Å²) in [5, 5.41) is 0. The minimum Gasteiger partial charge on any atom is -0.348 e. The summed E-state index contributed by atoms with van der Waals surface area (Å²) in [5.41, 5.74) is 1.15. The van der Waals surface area contributed by atoms with Gasteiger partial charge in [0.25, 0.3) is 0 Å². The molecule has 1 aromatic heterocycles. The van der Waals surface area contributed by atoms with Crippen LogP contribution in [0.2, 0.25) is 0 Å². The molecule has 3 heterocycles. The third-order valence-electron chi connectivity index (χ3n) is 4.61. The number of fused-ring (bicyclic) bond motifs is 1. The fourth-order valence-corrected chi connectivity index (χ4v) is 3.50. The van der Waals surface area contributed by atoms with Crippen molar-refractivity contribution in [2.45, 2.75) is 6.54 Å². The van der Waals surface area contributed by atoms with E-state index in [1.807, 2.05) is 32.4 Å². The summed E-state index contributed by atoms with van der Waals surface area (Å²) < 4.78 is 0. The fourth-order valence-electron chi connectivity index (χ4n) is 3.50. The molecule has 0 unspecified atom stereocenters. The van der Waals surface area contributed by atoms with Gasteiger partial charge in [-0.15, -0.1) is 0 Å². The number of likely N-dealkylation sites (tertiary alicyclic amines) is 2. The first-order valence-corrected chi connectivity index (χ1v) is 7.66. The Bertz CT molecular complexity index is 476. The van der Waals surface area contributed by atoms with Crippen LogP contribution in [0.3, 0.4) is 0 Å². The number of carbonyl (C=O) groups is 1. The Balaban J connectivity index is 1.49. The molecule has 21 heavy (non-hydrogen) atoms. The van der Waals surface area contributed by atoms with Crippen molar-refractivity contribution in [1.29, 1.82) is 0 Å². The lowest BCUT2D eigenvalue weighted by Gasteiger charge is -2.22. The van der Waals surface area contributed by atoms with E-state index in [0.29, 0.717) is 18.4 Å². The van der Waals surface area contributed by atoms with Gasteiger partial charge in [-0.3, -0.25) is 19.6 Å². The van der Waals surface area contributed by atoms with Crippen LogP contribution in [0.1, 0.15) is 5.69 Å². The molecule has 5 nitrogen and oxygen atoms in total. The Hall–Kier alpha value is -1.46. The molecule has 1 aromatic rings. The molecule has 2 atom stereocenters. The van der Waals surface area contributed by atoms with E-state index in [4.69, 9.17) is 0 Å². The molecule has 2 fully saturated rings. The summed E-state index contributed by atoms with van der Waals surface area (Å²) in [6, 6.07) is 6.10. The van der Waals surface area contributed by atoms with Crippen LogP contribution in [0.4, 0.5) is 0 Å². The SMILES string of the molecule is CN(C)C(=O)CN1C[C@@H]2CN(Cc3ccccn3)C[C@@H]2C1. The van der Waals surface area contributed by atoms with Gasteiger partial charge in [0.1, 0.15) is 0 Å². The molecule has 2 aliphatic heterocycles. The minimum absolute atomic E-state index is 0.209. The Morgan fingerprint density at radius 3 is 2.43 bits per heavy atom. The van der Waals surface area contributed by atoms with Gasteiger partial charge < -0.3 is 4.90 Å². The quantitative estimate of drug-likeness (QED) is 0.810. The van der Waals surface area contributed by atoms with E-state index in [2.05, 4.69) is 20.9 Å². The van der Waals surface area contributed by atoms with Gasteiger partial charge in [-0.1, -0.05) is 6.07 Å². The summed E-state index contributed by atoms with van der Waals surface area (Å²) >= 11 is 0. The van der Waals surface area contributed by atoms with E-state index in [1.54, 1.807) is 4.90 Å². The zero-order chi connectivity index (χ0) is 14.8. The Morgan fingerprint density at radius 2 is 1.86 bits per heavy atom. The maximum Gasteiger partial charge on any atom is 0.236 e. The van der Waals surface area contributed by atoms with Crippen molar-refractivity contribution in [2.75, 3.05) is 46.8 Å². The molecule has 0 bridgehead atoms. The smallest absolute Gasteiger partial charge is 0.236 e. The first-order chi connectivity index (χ1) is 10.1. The van der Waals surface area contributed by atoms with Crippen molar-refractivity contribution in [3.8, 4) is 0 Å². The average Bonchev–Trinajstić information content (AvgIpc) is 2.97. The van der Waals surface area contributed by atoms with E-state index >= 15 is 0 Å². The van der Waals surface area contributed by atoms with Crippen molar-refractivity contribution in [1.82, 2.24) is 19.7 Å². The van der Waals surface area contributed by atoms with Gasteiger partial charge in [0.15, 0.2) is 0 Å². The van der Waals surface area contributed by atoms with Gasteiger partial charge >= 0.3 is 0 Å². The average molecular weight is 288 g/mol. The molecule has 2 saturated heterocycles. The zero-order valence-electron chi connectivity index (χ0n) is 12.9. The third kappa shape index (κ3) is 3.41. The molecule has 3 rings (SSSR count). The molecule has 0 spiro atoms.